The van der Waals surface area contributed by atoms with Gasteiger partial charge in [0.2, 0.25) is 0 Å². The molecule has 2 atom stereocenters. The Morgan fingerprint density at radius 3 is 2.91 bits per heavy atom. The summed E-state index contributed by atoms with van der Waals surface area (Å²) in [7, 11) is 0. The van der Waals surface area contributed by atoms with Crippen LogP contribution in [0.5, 0.6) is 0 Å². The van der Waals surface area contributed by atoms with Crippen LogP contribution in [-0.4, -0.2) is 17.1 Å². The van der Waals surface area contributed by atoms with Crippen LogP contribution in [0.4, 0.5) is 0 Å². The fourth-order valence-corrected chi connectivity index (χ4v) is 1.51. The van der Waals surface area contributed by atoms with Crippen molar-refractivity contribution < 1.29 is 9.90 Å². The van der Waals surface area contributed by atoms with Crippen molar-refractivity contribution in [2.24, 2.45) is 5.92 Å². The van der Waals surface area contributed by atoms with Crippen LogP contribution in [0.1, 0.15) is 19.3 Å². The number of nitrogens with one attached hydrogen (secondary N) is 1. The third-order valence-electron chi connectivity index (χ3n) is 2.08. The Bertz CT molecular complexity index is 197. The fraction of sp³-hybridized carbons (Fsp3) is 0.714. The molecule has 4 nitrogen and oxygen atoms in total. The van der Waals surface area contributed by atoms with Crippen LogP contribution in [0, 0.1) is 17.4 Å². The number of nitrogens with zero attached hydrogens (tertiary/aromatic N) is 1. The van der Waals surface area contributed by atoms with Crippen LogP contribution < -0.4 is 5.32 Å². The van der Waals surface area contributed by atoms with Crippen molar-refractivity contribution >= 4 is 5.97 Å². The predicted molar refractivity (Wildman–Crippen MR) is 37.5 cm³/mol. The lowest BCUT2D eigenvalue weighted by atomic mass is 10.0. The monoisotopic (exact) mass is 154 g/mol. The fourth-order valence-electron chi connectivity index (χ4n) is 1.51. The van der Waals surface area contributed by atoms with Crippen molar-refractivity contribution in [1.82, 2.24) is 5.32 Å². The molecule has 0 spiro atoms. The summed E-state index contributed by atoms with van der Waals surface area (Å²) in [6.45, 7) is 0. The van der Waals surface area contributed by atoms with Crippen molar-refractivity contribution in [3.63, 3.8) is 0 Å². The highest BCUT2D eigenvalue weighted by Gasteiger charge is 2.32. The molecule has 0 radical (unpaired) electrons. The van der Waals surface area contributed by atoms with Gasteiger partial charge in [-0.25, -0.2) is 0 Å². The second-order valence-corrected chi connectivity index (χ2v) is 2.74. The molecular weight excluding hydrogens is 144 g/mol. The first kappa shape index (κ1) is 7.86. The zero-order chi connectivity index (χ0) is 8.27. The number of hydrogen-bond donors (Lipinski definition) is 2. The zero-order valence-electron chi connectivity index (χ0n) is 6.08. The minimum absolute atomic E-state index is 0.141. The lowest BCUT2D eigenvalue weighted by molar-refractivity contribution is -0.142. The molecule has 0 bridgehead atoms. The Kier molecular flexibility index (Phi) is 2.32. The van der Waals surface area contributed by atoms with Gasteiger partial charge in [-0.1, -0.05) is 6.42 Å². The molecule has 1 rings (SSSR count). The third-order valence-corrected chi connectivity index (χ3v) is 2.08. The second kappa shape index (κ2) is 3.24. The minimum Gasteiger partial charge on any atom is -0.481 e. The molecule has 2 N–H and O–H groups in total. The molecule has 2 unspecified atom stereocenters. The van der Waals surface area contributed by atoms with Crippen molar-refractivity contribution in [2.45, 2.75) is 25.3 Å². The van der Waals surface area contributed by atoms with E-state index in [9.17, 15) is 4.79 Å². The number of carbonyl (C=O) groups is 1. The highest BCUT2D eigenvalue weighted by Crippen LogP contribution is 2.25. The number of carboxylic acid groups (broad SMARTS) is 1. The van der Waals surface area contributed by atoms with E-state index in [0.717, 1.165) is 12.8 Å². The van der Waals surface area contributed by atoms with Gasteiger partial charge in [-0.3, -0.25) is 4.79 Å². The second-order valence-electron chi connectivity index (χ2n) is 2.74. The molecule has 0 amide bonds. The molecule has 1 saturated carbocycles. The molecular formula is C7H10N2O2. The SMILES string of the molecule is N#CNC1CCCC1C(=O)O. The lowest BCUT2D eigenvalue weighted by Crippen LogP contribution is -2.33. The van der Waals surface area contributed by atoms with Gasteiger partial charge in [0, 0.05) is 6.04 Å². The summed E-state index contributed by atoms with van der Waals surface area (Å²) in [5.41, 5.74) is 0. The number of carboxylic acids is 1. The largest absolute Gasteiger partial charge is 0.481 e. The molecule has 0 aromatic rings. The van der Waals surface area contributed by atoms with Crippen LogP contribution in [0.15, 0.2) is 0 Å². The van der Waals surface area contributed by atoms with Gasteiger partial charge in [-0.15, -0.1) is 0 Å². The Labute approximate surface area is 64.8 Å². The molecule has 11 heavy (non-hydrogen) atoms. The van der Waals surface area contributed by atoms with E-state index in [0.29, 0.717) is 6.42 Å². The van der Waals surface area contributed by atoms with E-state index in [1.165, 1.54) is 0 Å². The summed E-state index contributed by atoms with van der Waals surface area (Å²) in [5.74, 6) is -1.16. The first-order valence-electron chi connectivity index (χ1n) is 3.63. The maximum atomic E-state index is 10.5. The minimum atomic E-state index is -0.796. The van der Waals surface area contributed by atoms with Crippen LogP contribution in [0.2, 0.25) is 0 Å². The summed E-state index contributed by atoms with van der Waals surface area (Å²) in [6, 6.07) is -0.141. The first-order chi connectivity index (χ1) is 5.25. The van der Waals surface area contributed by atoms with Gasteiger partial charge >= 0.3 is 5.97 Å². The van der Waals surface area contributed by atoms with Crippen molar-refractivity contribution in [1.29, 1.82) is 5.26 Å². The van der Waals surface area contributed by atoms with E-state index in [1.807, 2.05) is 0 Å². The normalized spacial score (nSPS) is 29.4. The quantitative estimate of drug-likeness (QED) is 0.443. The van der Waals surface area contributed by atoms with E-state index in [-0.39, 0.29) is 12.0 Å². The molecule has 1 aliphatic rings. The van der Waals surface area contributed by atoms with Crippen LogP contribution in [0.3, 0.4) is 0 Å². The molecule has 0 aliphatic heterocycles. The first-order valence-corrected chi connectivity index (χ1v) is 3.63. The van der Waals surface area contributed by atoms with Gasteiger partial charge in [-0.05, 0) is 12.8 Å². The topological polar surface area (TPSA) is 73.1 Å². The standard InChI is InChI=1S/C7H10N2O2/c8-4-9-6-3-1-2-5(6)7(10)11/h5-6,9H,1-3H2,(H,10,11). The summed E-state index contributed by atoms with van der Waals surface area (Å²) < 4.78 is 0. The smallest absolute Gasteiger partial charge is 0.308 e. The molecule has 60 valence electrons. The van der Waals surface area contributed by atoms with Gasteiger partial charge < -0.3 is 10.4 Å². The Morgan fingerprint density at radius 1 is 1.64 bits per heavy atom. The van der Waals surface area contributed by atoms with E-state index >= 15 is 0 Å². The number of aliphatic carboxylic acids is 1. The predicted octanol–water partition coefficient (Wildman–Crippen LogP) is 0.310. The number of nitriles is 1. The molecule has 0 aromatic carbocycles. The van der Waals surface area contributed by atoms with Crippen molar-refractivity contribution in [3.8, 4) is 6.19 Å². The van der Waals surface area contributed by atoms with Crippen molar-refractivity contribution in [3.05, 3.63) is 0 Å². The van der Waals surface area contributed by atoms with Gasteiger partial charge in [-0.2, -0.15) is 5.26 Å². The zero-order valence-corrected chi connectivity index (χ0v) is 6.08. The van der Waals surface area contributed by atoms with Gasteiger partial charge in [0.15, 0.2) is 6.19 Å². The van der Waals surface area contributed by atoms with E-state index in [2.05, 4.69) is 5.32 Å². The summed E-state index contributed by atoms with van der Waals surface area (Å²) in [4.78, 5) is 10.5. The van der Waals surface area contributed by atoms with Crippen LogP contribution in [0.25, 0.3) is 0 Å². The highest BCUT2D eigenvalue weighted by atomic mass is 16.4. The third kappa shape index (κ3) is 1.61. The Balaban J connectivity index is 2.52. The molecule has 0 heterocycles. The summed E-state index contributed by atoms with van der Waals surface area (Å²) in [6.07, 6.45) is 4.17. The summed E-state index contributed by atoms with van der Waals surface area (Å²) >= 11 is 0. The van der Waals surface area contributed by atoms with Gasteiger partial charge in [0.25, 0.3) is 0 Å². The van der Waals surface area contributed by atoms with Gasteiger partial charge in [0.1, 0.15) is 0 Å². The maximum absolute atomic E-state index is 10.5. The van der Waals surface area contributed by atoms with E-state index in [1.54, 1.807) is 6.19 Å². The van der Waals surface area contributed by atoms with Gasteiger partial charge in [0.05, 0.1) is 5.92 Å². The number of rotatable bonds is 2. The average Bonchev–Trinajstić information content (AvgIpc) is 2.36. The molecule has 4 heteroatoms. The Hall–Kier alpha value is -1.24. The Morgan fingerprint density at radius 2 is 2.36 bits per heavy atom. The average molecular weight is 154 g/mol. The van der Waals surface area contributed by atoms with E-state index < -0.39 is 5.97 Å². The van der Waals surface area contributed by atoms with Crippen LogP contribution >= 0.6 is 0 Å². The van der Waals surface area contributed by atoms with Crippen LogP contribution in [-0.2, 0) is 4.79 Å². The molecule has 0 saturated heterocycles. The maximum Gasteiger partial charge on any atom is 0.308 e. The number of hydrogen-bond acceptors (Lipinski definition) is 3. The van der Waals surface area contributed by atoms with E-state index in [4.69, 9.17) is 10.4 Å². The lowest BCUT2D eigenvalue weighted by Gasteiger charge is -2.12. The van der Waals surface area contributed by atoms with Crippen molar-refractivity contribution in [2.75, 3.05) is 0 Å². The molecule has 0 aromatic heterocycles. The summed E-state index contributed by atoms with van der Waals surface area (Å²) in [5, 5.41) is 19.4. The molecule has 1 fully saturated rings. The molecule has 1 aliphatic carbocycles. The highest BCUT2D eigenvalue weighted by molar-refractivity contribution is 5.71.